The molecule has 3 rings (SSSR count). The molecule has 0 aromatic heterocycles. The van der Waals surface area contributed by atoms with E-state index in [2.05, 4.69) is 5.32 Å². The van der Waals surface area contributed by atoms with Gasteiger partial charge in [0.15, 0.2) is 6.10 Å². The number of benzene rings is 2. The van der Waals surface area contributed by atoms with Crippen molar-refractivity contribution < 1.29 is 28.5 Å². The first kappa shape index (κ1) is 19.3. The van der Waals surface area contributed by atoms with Crippen LogP contribution in [0.3, 0.4) is 0 Å². The van der Waals surface area contributed by atoms with E-state index in [9.17, 15) is 9.59 Å². The van der Waals surface area contributed by atoms with Crippen LogP contribution in [0.1, 0.15) is 12.5 Å². The zero-order valence-electron chi connectivity index (χ0n) is 15.4. The number of amides is 1. The molecule has 1 amide bonds. The van der Waals surface area contributed by atoms with E-state index < -0.39 is 18.0 Å². The third-order valence-corrected chi connectivity index (χ3v) is 3.87. The van der Waals surface area contributed by atoms with Crippen LogP contribution >= 0.6 is 0 Å². The summed E-state index contributed by atoms with van der Waals surface area (Å²) in [4.78, 5) is 24.1. The fourth-order valence-electron chi connectivity index (χ4n) is 2.37. The largest absolute Gasteiger partial charge is 0.493 e. The average Bonchev–Trinajstić information content (AvgIpc) is 2.74. The van der Waals surface area contributed by atoms with E-state index in [-0.39, 0.29) is 12.4 Å². The van der Waals surface area contributed by atoms with E-state index in [1.807, 2.05) is 30.3 Å². The van der Waals surface area contributed by atoms with Gasteiger partial charge >= 0.3 is 5.97 Å². The Labute approximate surface area is 162 Å². The zero-order valence-corrected chi connectivity index (χ0v) is 15.4. The van der Waals surface area contributed by atoms with Gasteiger partial charge in [0.2, 0.25) is 5.76 Å². The van der Waals surface area contributed by atoms with Crippen molar-refractivity contribution in [3.63, 3.8) is 0 Å². The molecule has 0 spiro atoms. The first-order valence-corrected chi connectivity index (χ1v) is 8.85. The molecule has 28 heavy (non-hydrogen) atoms. The Balaban J connectivity index is 1.48. The summed E-state index contributed by atoms with van der Waals surface area (Å²) in [7, 11) is 0. The summed E-state index contributed by atoms with van der Waals surface area (Å²) in [5.74, 6) is -0.566. The summed E-state index contributed by atoms with van der Waals surface area (Å²) < 4.78 is 20.9. The number of anilines is 1. The highest BCUT2D eigenvalue weighted by atomic mass is 16.6. The van der Waals surface area contributed by atoms with E-state index >= 15 is 0 Å². The van der Waals surface area contributed by atoms with Gasteiger partial charge in [0.25, 0.3) is 5.91 Å². The van der Waals surface area contributed by atoms with Crippen molar-refractivity contribution >= 4 is 17.6 Å². The number of esters is 1. The molecule has 0 aliphatic carbocycles. The SMILES string of the molecule is C[C@H](OC(=O)C1=COCCO1)C(=O)Nc1ccc(OCc2ccccc2)cc1. The summed E-state index contributed by atoms with van der Waals surface area (Å²) in [6.45, 7) is 2.58. The summed E-state index contributed by atoms with van der Waals surface area (Å²) in [5, 5.41) is 2.69. The third kappa shape index (κ3) is 5.51. The molecule has 1 heterocycles. The quantitative estimate of drug-likeness (QED) is 0.740. The first-order chi connectivity index (χ1) is 13.6. The molecule has 1 atom stereocenters. The van der Waals surface area contributed by atoms with Gasteiger partial charge in [-0.15, -0.1) is 0 Å². The molecule has 0 fully saturated rings. The Morgan fingerprint density at radius 3 is 2.50 bits per heavy atom. The standard InChI is InChI=1S/C21H21NO6/c1-15(28-21(24)19-14-25-11-12-26-19)20(23)22-17-7-9-18(10-8-17)27-13-16-5-3-2-4-6-16/h2-10,14-15H,11-13H2,1H3,(H,22,23)/t15-/m0/s1. The van der Waals surface area contributed by atoms with Crippen LogP contribution in [0.25, 0.3) is 0 Å². The molecule has 0 unspecified atom stereocenters. The number of carbonyl (C=O) groups excluding carboxylic acids is 2. The Hall–Kier alpha value is -3.48. The van der Waals surface area contributed by atoms with Crippen LogP contribution in [0.15, 0.2) is 66.6 Å². The van der Waals surface area contributed by atoms with Gasteiger partial charge in [-0.3, -0.25) is 4.79 Å². The molecule has 7 nitrogen and oxygen atoms in total. The molecular weight excluding hydrogens is 362 g/mol. The van der Waals surface area contributed by atoms with Crippen LogP contribution in [-0.2, 0) is 30.4 Å². The molecule has 2 aromatic carbocycles. The molecule has 0 bridgehead atoms. The van der Waals surface area contributed by atoms with E-state index in [0.29, 0.717) is 24.7 Å². The topological polar surface area (TPSA) is 83.1 Å². The van der Waals surface area contributed by atoms with Crippen LogP contribution in [0.5, 0.6) is 5.75 Å². The lowest BCUT2D eigenvalue weighted by atomic mass is 10.2. The maximum Gasteiger partial charge on any atom is 0.377 e. The lowest BCUT2D eigenvalue weighted by Gasteiger charge is -2.17. The van der Waals surface area contributed by atoms with Gasteiger partial charge < -0.3 is 24.3 Å². The van der Waals surface area contributed by atoms with Gasteiger partial charge in [0.05, 0.1) is 0 Å². The van der Waals surface area contributed by atoms with Crippen LogP contribution in [0.4, 0.5) is 5.69 Å². The third-order valence-electron chi connectivity index (χ3n) is 3.87. The van der Waals surface area contributed by atoms with Crippen molar-refractivity contribution in [2.24, 2.45) is 0 Å². The van der Waals surface area contributed by atoms with Crippen molar-refractivity contribution in [3.05, 3.63) is 72.2 Å². The van der Waals surface area contributed by atoms with Gasteiger partial charge in [-0.25, -0.2) is 4.79 Å². The van der Waals surface area contributed by atoms with E-state index in [1.165, 1.54) is 13.2 Å². The summed E-state index contributed by atoms with van der Waals surface area (Å²) in [5.41, 5.74) is 1.63. The van der Waals surface area contributed by atoms with Gasteiger partial charge in [0, 0.05) is 5.69 Å². The lowest BCUT2D eigenvalue weighted by molar-refractivity contribution is -0.153. The summed E-state index contributed by atoms with van der Waals surface area (Å²) in [6.07, 6.45) is 0.192. The van der Waals surface area contributed by atoms with Gasteiger partial charge in [-0.05, 0) is 36.8 Å². The molecule has 0 radical (unpaired) electrons. The molecule has 7 heteroatoms. The minimum Gasteiger partial charge on any atom is -0.493 e. The van der Waals surface area contributed by atoms with Gasteiger partial charge in [-0.2, -0.15) is 0 Å². The number of carbonyl (C=O) groups is 2. The van der Waals surface area contributed by atoms with Crippen molar-refractivity contribution in [3.8, 4) is 5.75 Å². The second-order valence-corrected chi connectivity index (χ2v) is 6.04. The van der Waals surface area contributed by atoms with Crippen LogP contribution in [0.2, 0.25) is 0 Å². The first-order valence-electron chi connectivity index (χ1n) is 8.85. The van der Waals surface area contributed by atoms with Crippen molar-refractivity contribution in [1.29, 1.82) is 0 Å². The molecule has 0 saturated carbocycles. The van der Waals surface area contributed by atoms with Crippen LogP contribution < -0.4 is 10.1 Å². The van der Waals surface area contributed by atoms with Crippen molar-refractivity contribution in [2.45, 2.75) is 19.6 Å². The van der Waals surface area contributed by atoms with Crippen molar-refractivity contribution in [2.75, 3.05) is 18.5 Å². The predicted molar refractivity (Wildman–Crippen MR) is 101 cm³/mol. The summed E-state index contributed by atoms with van der Waals surface area (Å²) >= 11 is 0. The highest BCUT2D eigenvalue weighted by Crippen LogP contribution is 2.18. The molecule has 146 valence electrons. The zero-order chi connectivity index (χ0) is 19.8. The van der Waals surface area contributed by atoms with Crippen LogP contribution in [0, 0.1) is 0 Å². The molecule has 2 aromatic rings. The number of ether oxygens (including phenoxy) is 4. The second-order valence-electron chi connectivity index (χ2n) is 6.04. The lowest BCUT2D eigenvalue weighted by Crippen LogP contribution is -2.31. The predicted octanol–water partition coefficient (Wildman–Crippen LogP) is 3.02. The van der Waals surface area contributed by atoms with Gasteiger partial charge in [0.1, 0.15) is 31.8 Å². The van der Waals surface area contributed by atoms with E-state index in [0.717, 1.165) is 5.56 Å². The maximum absolute atomic E-state index is 12.2. The van der Waals surface area contributed by atoms with E-state index in [4.69, 9.17) is 18.9 Å². The molecular formula is C21H21NO6. The Morgan fingerprint density at radius 2 is 1.82 bits per heavy atom. The molecule has 1 aliphatic rings. The van der Waals surface area contributed by atoms with Crippen molar-refractivity contribution in [1.82, 2.24) is 0 Å². The highest BCUT2D eigenvalue weighted by molar-refractivity contribution is 5.96. The number of hydrogen-bond acceptors (Lipinski definition) is 6. The number of nitrogens with one attached hydrogen (secondary N) is 1. The fraction of sp³-hybridized carbons (Fsp3) is 0.238. The molecule has 1 aliphatic heterocycles. The number of hydrogen-bond donors (Lipinski definition) is 1. The average molecular weight is 383 g/mol. The molecule has 0 saturated heterocycles. The minimum atomic E-state index is -0.993. The highest BCUT2D eigenvalue weighted by Gasteiger charge is 2.23. The monoisotopic (exact) mass is 383 g/mol. The Kier molecular flexibility index (Phi) is 6.51. The maximum atomic E-state index is 12.2. The normalized spacial score (nSPS) is 14.0. The van der Waals surface area contributed by atoms with E-state index in [1.54, 1.807) is 24.3 Å². The van der Waals surface area contributed by atoms with Gasteiger partial charge in [-0.1, -0.05) is 30.3 Å². The Morgan fingerprint density at radius 1 is 1.07 bits per heavy atom. The minimum absolute atomic E-state index is 0.0502. The Bertz CT molecular complexity index is 832. The smallest absolute Gasteiger partial charge is 0.377 e. The molecule has 1 N–H and O–H groups in total. The fourth-order valence-corrected chi connectivity index (χ4v) is 2.37. The second kappa shape index (κ2) is 9.45. The van der Waals surface area contributed by atoms with Crippen LogP contribution in [-0.4, -0.2) is 31.2 Å². The number of rotatable bonds is 7. The summed E-state index contributed by atoms with van der Waals surface area (Å²) in [6, 6.07) is 16.8.